The molecule has 0 saturated carbocycles. The number of anilines is 2. The Bertz CT molecular complexity index is 1410. The molecule has 0 aliphatic carbocycles. The van der Waals surface area contributed by atoms with Gasteiger partial charge < -0.3 is 10.1 Å². The van der Waals surface area contributed by atoms with Crippen LogP contribution in [-0.4, -0.2) is 27.5 Å². The Morgan fingerprint density at radius 1 is 0.895 bits per heavy atom. The second kappa shape index (κ2) is 10.2. The van der Waals surface area contributed by atoms with Gasteiger partial charge in [-0.25, -0.2) is 8.42 Å². The average Bonchev–Trinajstić information content (AvgIpc) is 2.86. The van der Waals surface area contributed by atoms with E-state index in [9.17, 15) is 39.6 Å². The molecule has 0 atom stereocenters. The van der Waals surface area contributed by atoms with Crippen LogP contribution in [-0.2, 0) is 33.6 Å². The molecule has 0 fully saturated rings. The quantitative estimate of drug-likeness (QED) is 0.384. The van der Waals surface area contributed by atoms with Crippen molar-refractivity contribution in [1.82, 2.24) is 0 Å². The molecule has 1 N–H and O–H groups in total. The van der Waals surface area contributed by atoms with Crippen LogP contribution in [0.1, 0.15) is 23.1 Å². The van der Waals surface area contributed by atoms with E-state index in [1.165, 1.54) is 28.6 Å². The lowest BCUT2D eigenvalue weighted by molar-refractivity contribution is -0.143. The van der Waals surface area contributed by atoms with E-state index < -0.39 is 51.7 Å². The minimum atomic E-state index is -5.06. The van der Waals surface area contributed by atoms with Crippen molar-refractivity contribution in [3.63, 3.8) is 0 Å². The lowest BCUT2D eigenvalue weighted by Crippen LogP contribution is -2.35. The summed E-state index contributed by atoms with van der Waals surface area (Å²) in [4.78, 5) is 12.1. The fourth-order valence-corrected chi connectivity index (χ4v) is 5.50. The number of amides is 1. The van der Waals surface area contributed by atoms with Crippen molar-refractivity contribution in [2.75, 3.05) is 22.8 Å². The standard InChI is InChI=1S/C25H20F6N2O4S/c26-24(27,28)17-12-18(25(29,30)31)14-19(13-17)32-23(34)15-37-20-7-9-21(10-8-20)38(35,36)33-11-3-5-16-4-1-2-6-22(16)33/h1-2,4,6-10,12-14H,3,5,11,15H2,(H,32,34). The number of nitrogens with one attached hydrogen (secondary N) is 1. The maximum absolute atomic E-state index is 13.2. The highest BCUT2D eigenvalue weighted by molar-refractivity contribution is 7.92. The highest BCUT2D eigenvalue weighted by Crippen LogP contribution is 2.37. The van der Waals surface area contributed by atoms with E-state index in [4.69, 9.17) is 4.74 Å². The maximum Gasteiger partial charge on any atom is 0.416 e. The van der Waals surface area contributed by atoms with Gasteiger partial charge >= 0.3 is 12.4 Å². The minimum Gasteiger partial charge on any atom is -0.484 e. The normalized spacial score (nSPS) is 14.1. The Balaban J connectivity index is 1.43. The number of hydrogen-bond donors (Lipinski definition) is 1. The zero-order valence-corrected chi connectivity index (χ0v) is 20.3. The number of carbonyl (C=O) groups excluding carboxylic acids is 1. The van der Waals surface area contributed by atoms with E-state index in [0.29, 0.717) is 30.8 Å². The molecule has 0 unspecified atom stereocenters. The third kappa shape index (κ3) is 6.04. The van der Waals surface area contributed by atoms with Gasteiger partial charge in [-0.3, -0.25) is 9.10 Å². The van der Waals surface area contributed by atoms with E-state index in [0.717, 1.165) is 12.0 Å². The highest BCUT2D eigenvalue weighted by atomic mass is 32.2. The van der Waals surface area contributed by atoms with Gasteiger partial charge in [0.15, 0.2) is 6.61 Å². The molecule has 1 heterocycles. The number of halogens is 6. The van der Waals surface area contributed by atoms with Gasteiger partial charge in [-0.05, 0) is 66.9 Å². The van der Waals surface area contributed by atoms with E-state index in [1.54, 1.807) is 12.1 Å². The average molecular weight is 559 g/mol. The number of aryl methyl sites for hydroxylation is 1. The number of alkyl halides is 6. The molecule has 38 heavy (non-hydrogen) atoms. The summed E-state index contributed by atoms with van der Waals surface area (Å²) < 4.78 is 111. The van der Waals surface area contributed by atoms with Crippen molar-refractivity contribution in [2.45, 2.75) is 30.1 Å². The van der Waals surface area contributed by atoms with Crippen molar-refractivity contribution < 1.29 is 44.3 Å². The number of fused-ring (bicyclic) bond motifs is 1. The number of hydrogen-bond acceptors (Lipinski definition) is 4. The van der Waals surface area contributed by atoms with Crippen LogP contribution in [0.4, 0.5) is 37.7 Å². The van der Waals surface area contributed by atoms with Crippen LogP contribution in [0.5, 0.6) is 5.75 Å². The highest BCUT2D eigenvalue weighted by Gasteiger charge is 2.37. The van der Waals surface area contributed by atoms with Gasteiger partial charge in [0.25, 0.3) is 15.9 Å². The Hall–Kier alpha value is -3.74. The monoisotopic (exact) mass is 558 g/mol. The van der Waals surface area contributed by atoms with E-state index >= 15 is 0 Å². The molecule has 3 aromatic rings. The number of carbonyl (C=O) groups is 1. The second-order valence-electron chi connectivity index (χ2n) is 8.41. The van der Waals surface area contributed by atoms with Gasteiger partial charge in [0.05, 0.1) is 21.7 Å². The number of nitrogens with zero attached hydrogens (tertiary/aromatic N) is 1. The van der Waals surface area contributed by atoms with Crippen LogP contribution in [0.15, 0.2) is 71.6 Å². The molecule has 1 aliphatic heterocycles. The summed E-state index contributed by atoms with van der Waals surface area (Å²) in [5.41, 5.74) is -2.34. The van der Waals surface area contributed by atoms with Crippen LogP contribution >= 0.6 is 0 Å². The Morgan fingerprint density at radius 3 is 2.11 bits per heavy atom. The minimum absolute atomic E-state index is 0.0188. The fourth-order valence-electron chi connectivity index (χ4n) is 3.96. The van der Waals surface area contributed by atoms with Crippen LogP contribution in [0.25, 0.3) is 0 Å². The van der Waals surface area contributed by atoms with Gasteiger partial charge in [-0.2, -0.15) is 26.3 Å². The molecule has 1 amide bonds. The number of benzene rings is 3. The molecule has 3 aromatic carbocycles. The molecule has 0 bridgehead atoms. The molecule has 0 aromatic heterocycles. The van der Waals surface area contributed by atoms with Gasteiger partial charge in [0.2, 0.25) is 0 Å². The molecule has 13 heteroatoms. The lowest BCUT2D eigenvalue weighted by atomic mass is 10.0. The molecular formula is C25H20F6N2O4S. The second-order valence-corrected chi connectivity index (χ2v) is 10.3. The summed E-state index contributed by atoms with van der Waals surface area (Å²) in [6.45, 7) is -0.438. The zero-order valence-electron chi connectivity index (χ0n) is 19.4. The van der Waals surface area contributed by atoms with Crippen molar-refractivity contribution in [3.8, 4) is 5.75 Å². The lowest BCUT2D eigenvalue weighted by Gasteiger charge is -2.30. The summed E-state index contributed by atoms with van der Waals surface area (Å²) in [6.07, 6.45) is -8.71. The first kappa shape index (κ1) is 27.3. The molecule has 6 nitrogen and oxygen atoms in total. The van der Waals surface area contributed by atoms with Gasteiger partial charge in [0, 0.05) is 12.2 Å². The molecule has 1 aliphatic rings. The van der Waals surface area contributed by atoms with Crippen molar-refractivity contribution in [3.05, 3.63) is 83.4 Å². The summed E-state index contributed by atoms with van der Waals surface area (Å²) in [7, 11) is -3.88. The number of sulfonamides is 1. The zero-order chi connectivity index (χ0) is 27.7. The summed E-state index contributed by atoms with van der Waals surface area (Å²) in [5, 5.41) is 1.96. The summed E-state index contributed by atoms with van der Waals surface area (Å²) in [5.74, 6) is -0.947. The van der Waals surface area contributed by atoms with Gasteiger partial charge in [0.1, 0.15) is 5.75 Å². The van der Waals surface area contributed by atoms with Gasteiger partial charge in [-0.15, -0.1) is 0 Å². The van der Waals surface area contributed by atoms with Crippen LogP contribution in [0, 0.1) is 0 Å². The van der Waals surface area contributed by atoms with Crippen molar-refractivity contribution in [2.24, 2.45) is 0 Å². The van der Waals surface area contributed by atoms with Crippen molar-refractivity contribution in [1.29, 1.82) is 0 Å². The SMILES string of the molecule is O=C(COc1ccc(S(=O)(=O)N2CCCc3ccccc32)cc1)Nc1cc(C(F)(F)F)cc(C(F)(F)F)c1. The van der Waals surface area contributed by atoms with Crippen LogP contribution < -0.4 is 14.4 Å². The fraction of sp³-hybridized carbons (Fsp3) is 0.240. The van der Waals surface area contributed by atoms with Crippen LogP contribution in [0.2, 0.25) is 0 Å². The van der Waals surface area contributed by atoms with E-state index in [2.05, 4.69) is 0 Å². The van der Waals surface area contributed by atoms with Crippen LogP contribution in [0.3, 0.4) is 0 Å². The maximum atomic E-state index is 13.2. The predicted octanol–water partition coefficient (Wildman–Crippen LogP) is 5.88. The Kier molecular flexibility index (Phi) is 7.33. The number of rotatable bonds is 6. The molecule has 4 rings (SSSR count). The van der Waals surface area contributed by atoms with Crippen molar-refractivity contribution >= 4 is 27.3 Å². The first-order chi connectivity index (χ1) is 17.7. The topological polar surface area (TPSA) is 75.7 Å². The van der Waals surface area contributed by atoms with E-state index in [-0.39, 0.29) is 16.7 Å². The Labute approximate surface area is 213 Å². The molecule has 0 spiro atoms. The third-order valence-corrected chi connectivity index (χ3v) is 7.55. The summed E-state index contributed by atoms with van der Waals surface area (Å²) >= 11 is 0. The first-order valence-corrected chi connectivity index (χ1v) is 12.6. The largest absolute Gasteiger partial charge is 0.484 e. The molecule has 202 valence electrons. The Morgan fingerprint density at radius 2 is 1.50 bits per heavy atom. The third-order valence-electron chi connectivity index (χ3n) is 5.72. The van der Waals surface area contributed by atoms with Gasteiger partial charge in [-0.1, -0.05) is 18.2 Å². The predicted molar refractivity (Wildman–Crippen MR) is 126 cm³/mol. The molecule has 0 radical (unpaired) electrons. The molecular weight excluding hydrogens is 538 g/mol. The molecule has 0 saturated heterocycles. The smallest absolute Gasteiger partial charge is 0.416 e. The number of ether oxygens (including phenoxy) is 1. The van der Waals surface area contributed by atoms with E-state index in [1.807, 2.05) is 17.4 Å². The first-order valence-electron chi connectivity index (χ1n) is 11.2. The number of para-hydroxylation sites is 1. The summed E-state index contributed by atoms with van der Waals surface area (Å²) in [6, 6.07) is 13.0.